The fraction of sp³-hybridized carbons (Fsp3) is 0.889. The first kappa shape index (κ1) is 12.8. The van der Waals surface area contributed by atoms with E-state index in [0.29, 0.717) is 13.2 Å². The molecule has 88 valence electrons. The number of hydrogen-bond acceptors (Lipinski definition) is 5. The fourth-order valence-corrected chi connectivity index (χ4v) is 2.29. The summed E-state index contributed by atoms with van der Waals surface area (Å²) in [7, 11) is 0. The normalized spacial score (nSPS) is 23.7. The van der Waals surface area contributed by atoms with Crippen LogP contribution < -0.4 is 5.73 Å². The summed E-state index contributed by atoms with van der Waals surface area (Å²) in [6.45, 7) is 1.12. The van der Waals surface area contributed by atoms with Crippen molar-refractivity contribution in [2.24, 2.45) is 5.73 Å². The monoisotopic (exact) mass is 235 g/mol. The van der Waals surface area contributed by atoms with E-state index in [1.807, 2.05) is 0 Å². The second kappa shape index (κ2) is 7.05. The second-order valence-corrected chi connectivity index (χ2v) is 4.56. The van der Waals surface area contributed by atoms with Gasteiger partial charge in [0.05, 0.1) is 12.7 Å². The Kier molecular flexibility index (Phi) is 6.00. The highest BCUT2D eigenvalue weighted by atomic mass is 32.2. The average molecular weight is 235 g/mol. The summed E-state index contributed by atoms with van der Waals surface area (Å²) < 4.78 is 10.4. The van der Waals surface area contributed by atoms with Gasteiger partial charge in [0.1, 0.15) is 12.8 Å². The highest BCUT2D eigenvalue weighted by molar-refractivity contribution is 7.99. The first-order valence-corrected chi connectivity index (χ1v) is 6.11. The van der Waals surface area contributed by atoms with E-state index in [9.17, 15) is 4.79 Å². The van der Waals surface area contributed by atoms with Gasteiger partial charge in [-0.15, -0.1) is 0 Å². The lowest BCUT2D eigenvalue weighted by Gasteiger charge is -2.22. The number of aliphatic carboxylic acids is 1. The standard InChI is InChI=1S/C9H17NO4S/c10-8(9(11)12)2-4-15-5-7-1-3-13-6-14-7/h7-8H,1-6,10H2,(H,11,12). The Morgan fingerprint density at radius 1 is 1.67 bits per heavy atom. The molecule has 2 atom stereocenters. The van der Waals surface area contributed by atoms with Crippen LogP contribution >= 0.6 is 11.8 Å². The molecule has 0 aromatic heterocycles. The maximum Gasteiger partial charge on any atom is 0.320 e. The SMILES string of the molecule is NC(CCSCC1CCOCO1)C(=O)O. The van der Waals surface area contributed by atoms with Gasteiger partial charge in [-0.1, -0.05) is 0 Å². The van der Waals surface area contributed by atoms with Crippen LogP contribution in [-0.2, 0) is 14.3 Å². The molecule has 1 heterocycles. The lowest BCUT2D eigenvalue weighted by Crippen LogP contribution is -2.31. The van der Waals surface area contributed by atoms with E-state index in [0.717, 1.165) is 24.5 Å². The molecule has 5 nitrogen and oxygen atoms in total. The first-order valence-electron chi connectivity index (χ1n) is 4.95. The maximum atomic E-state index is 10.4. The highest BCUT2D eigenvalue weighted by Crippen LogP contribution is 2.14. The van der Waals surface area contributed by atoms with Gasteiger partial charge >= 0.3 is 5.97 Å². The molecular weight excluding hydrogens is 218 g/mol. The van der Waals surface area contributed by atoms with Gasteiger partial charge in [0.2, 0.25) is 0 Å². The number of rotatable bonds is 6. The van der Waals surface area contributed by atoms with Crippen molar-refractivity contribution >= 4 is 17.7 Å². The molecule has 15 heavy (non-hydrogen) atoms. The third-order valence-corrected chi connectivity index (χ3v) is 3.30. The van der Waals surface area contributed by atoms with Gasteiger partial charge in [-0.2, -0.15) is 11.8 Å². The lowest BCUT2D eigenvalue weighted by molar-refractivity contribution is -0.138. The summed E-state index contributed by atoms with van der Waals surface area (Å²) in [4.78, 5) is 10.4. The van der Waals surface area contributed by atoms with Crippen molar-refractivity contribution in [2.45, 2.75) is 25.0 Å². The Bertz CT molecular complexity index is 197. The van der Waals surface area contributed by atoms with Gasteiger partial charge < -0.3 is 20.3 Å². The third-order valence-electron chi connectivity index (χ3n) is 2.17. The Hall–Kier alpha value is -0.300. The lowest BCUT2D eigenvalue weighted by atomic mass is 10.2. The average Bonchev–Trinajstić information content (AvgIpc) is 2.25. The summed E-state index contributed by atoms with van der Waals surface area (Å²) in [5, 5.41) is 8.55. The van der Waals surface area contributed by atoms with Crippen LogP contribution in [0, 0.1) is 0 Å². The van der Waals surface area contributed by atoms with Gasteiger partial charge in [0.15, 0.2) is 0 Å². The van der Waals surface area contributed by atoms with Crippen molar-refractivity contribution in [3.63, 3.8) is 0 Å². The summed E-state index contributed by atoms with van der Waals surface area (Å²) in [6.07, 6.45) is 1.66. The predicted octanol–water partition coefficient (Wildman–Crippen LogP) is 0.285. The Labute approximate surface area is 93.3 Å². The molecular formula is C9H17NO4S. The van der Waals surface area contributed by atoms with E-state index in [2.05, 4.69) is 0 Å². The van der Waals surface area contributed by atoms with Crippen molar-refractivity contribution in [1.82, 2.24) is 0 Å². The summed E-state index contributed by atoms with van der Waals surface area (Å²) in [5.41, 5.74) is 5.37. The minimum Gasteiger partial charge on any atom is -0.480 e. The molecule has 0 spiro atoms. The van der Waals surface area contributed by atoms with Gasteiger partial charge in [0.25, 0.3) is 0 Å². The number of carboxylic acids is 1. The van der Waals surface area contributed by atoms with Crippen molar-refractivity contribution in [2.75, 3.05) is 24.9 Å². The molecule has 0 bridgehead atoms. The molecule has 6 heteroatoms. The smallest absolute Gasteiger partial charge is 0.320 e. The summed E-state index contributed by atoms with van der Waals surface area (Å²) in [5.74, 6) is 0.710. The molecule has 1 saturated heterocycles. The minimum atomic E-state index is -0.932. The predicted molar refractivity (Wildman–Crippen MR) is 57.9 cm³/mol. The number of carboxylic acid groups (broad SMARTS) is 1. The molecule has 0 aromatic carbocycles. The van der Waals surface area contributed by atoms with Crippen LogP contribution in [0.4, 0.5) is 0 Å². The molecule has 0 radical (unpaired) electrons. The highest BCUT2D eigenvalue weighted by Gasteiger charge is 2.15. The zero-order valence-electron chi connectivity index (χ0n) is 8.55. The number of carbonyl (C=O) groups is 1. The fourth-order valence-electron chi connectivity index (χ4n) is 1.18. The van der Waals surface area contributed by atoms with Crippen LogP contribution in [0.2, 0.25) is 0 Å². The Balaban J connectivity index is 1.98. The second-order valence-electron chi connectivity index (χ2n) is 3.41. The molecule has 1 fully saturated rings. The van der Waals surface area contributed by atoms with E-state index in [-0.39, 0.29) is 6.10 Å². The molecule has 0 amide bonds. The van der Waals surface area contributed by atoms with Crippen LogP contribution in [0.15, 0.2) is 0 Å². The van der Waals surface area contributed by atoms with E-state index < -0.39 is 12.0 Å². The van der Waals surface area contributed by atoms with E-state index >= 15 is 0 Å². The van der Waals surface area contributed by atoms with Crippen LogP contribution in [0.1, 0.15) is 12.8 Å². The Morgan fingerprint density at radius 3 is 3.07 bits per heavy atom. The number of thioether (sulfide) groups is 1. The van der Waals surface area contributed by atoms with Crippen molar-refractivity contribution < 1.29 is 19.4 Å². The molecule has 3 N–H and O–H groups in total. The summed E-state index contributed by atoms with van der Waals surface area (Å²) >= 11 is 1.68. The van der Waals surface area contributed by atoms with E-state index in [4.69, 9.17) is 20.3 Å². The number of nitrogens with two attached hydrogens (primary N) is 1. The maximum absolute atomic E-state index is 10.4. The van der Waals surface area contributed by atoms with Gasteiger partial charge in [-0.05, 0) is 18.6 Å². The molecule has 1 rings (SSSR count). The molecule has 2 unspecified atom stereocenters. The topological polar surface area (TPSA) is 81.8 Å². The molecule has 0 aliphatic carbocycles. The van der Waals surface area contributed by atoms with Crippen molar-refractivity contribution in [1.29, 1.82) is 0 Å². The van der Waals surface area contributed by atoms with Crippen molar-refractivity contribution in [3.8, 4) is 0 Å². The van der Waals surface area contributed by atoms with Crippen molar-refractivity contribution in [3.05, 3.63) is 0 Å². The summed E-state index contributed by atoms with van der Waals surface area (Å²) in [6, 6.07) is -0.742. The molecule has 1 aliphatic heterocycles. The quantitative estimate of drug-likeness (QED) is 0.644. The molecule has 0 aromatic rings. The first-order chi connectivity index (χ1) is 7.20. The number of hydrogen-bond donors (Lipinski definition) is 2. The van der Waals surface area contributed by atoms with Gasteiger partial charge in [0, 0.05) is 5.75 Å². The zero-order valence-corrected chi connectivity index (χ0v) is 9.37. The van der Waals surface area contributed by atoms with Gasteiger partial charge in [-0.3, -0.25) is 4.79 Å². The largest absolute Gasteiger partial charge is 0.480 e. The van der Waals surface area contributed by atoms with Crippen LogP contribution in [0.3, 0.4) is 0 Å². The van der Waals surface area contributed by atoms with E-state index in [1.165, 1.54) is 0 Å². The zero-order chi connectivity index (χ0) is 11.1. The van der Waals surface area contributed by atoms with Gasteiger partial charge in [-0.25, -0.2) is 0 Å². The Morgan fingerprint density at radius 2 is 2.47 bits per heavy atom. The molecule has 0 saturated carbocycles. The van der Waals surface area contributed by atoms with Crippen LogP contribution in [-0.4, -0.2) is 48.1 Å². The van der Waals surface area contributed by atoms with E-state index in [1.54, 1.807) is 11.8 Å². The van der Waals surface area contributed by atoms with Crippen LogP contribution in [0.25, 0.3) is 0 Å². The molecule has 1 aliphatic rings. The van der Waals surface area contributed by atoms with Crippen LogP contribution in [0.5, 0.6) is 0 Å². The third kappa shape index (κ3) is 5.36. The minimum absolute atomic E-state index is 0.241. The number of ether oxygens (including phenoxy) is 2.